The van der Waals surface area contributed by atoms with E-state index in [1.807, 2.05) is 18.2 Å². The van der Waals surface area contributed by atoms with Crippen molar-refractivity contribution in [2.75, 3.05) is 12.4 Å². The maximum Gasteiger partial charge on any atom is 0.271 e. The van der Waals surface area contributed by atoms with Gasteiger partial charge in [0.15, 0.2) is 0 Å². The molecule has 0 unspecified atom stereocenters. The lowest BCUT2D eigenvalue weighted by Crippen LogP contribution is -1.99. The Kier molecular flexibility index (Phi) is 4.70. The van der Waals surface area contributed by atoms with Gasteiger partial charge in [-0.1, -0.05) is 18.2 Å². The summed E-state index contributed by atoms with van der Waals surface area (Å²) < 4.78 is 10.9. The van der Waals surface area contributed by atoms with Gasteiger partial charge in [0, 0.05) is 18.2 Å². The third-order valence-corrected chi connectivity index (χ3v) is 3.26. The molecule has 2 aromatic carbocycles. The number of para-hydroxylation sites is 1. The fourth-order valence-electron chi connectivity index (χ4n) is 2.12. The number of anilines is 2. The van der Waals surface area contributed by atoms with Crippen LogP contribution in [0.5, 0.6) is 17.4 Å². The van der Waals surface area contributed by atoms with E-state index in [9.17, 15) is 10.1 Å². The fraction of sp³-hybridized carbons (Fsp3) is 0.0588. The number of nitro groups is 1. The number of nitrogens with one attached hydrogen (secondary N) is 1. The summed E-state index contributed by atoms with van der Waals surface area (Å²) in [6, 6.07) is 15.0. The highest BCUT2D eigenvalue weighted by atomic mass is 16.6. The third-order valence-electron chi connectivity index (χ3n) is 3.26. The Morgan fingerprint density at radius 2 is 1.88 bits per heavy atom. The quantitative estimate of drug-likeness (QED) is 0.537. The summed E-state index contributed by atoms with van der Waals surface area (Å²) in [6.45, 7) is 0. The molecule has 1 heterocycles. The van der Waals surface area contributed by atoms with Crippen LogP contribution in [-0.2, 0) is 0 Å². The minimum Gasteiger partial charge on any atom is -0.495 e. The summed E-state index contributed by atoms with van der Waals surface area (Å²) in [5, 5.41) is 13.9. The van der Waals surface area contributed by atoms with E-state index in [1.165, 1.54) is 31.6 Å². The highest BCUT2D eigenvalue weighted by Crippen LogP contribution is 2.31. The second-order valence-corrected chi connectivity index (χ2v) is 4.92. The van der Waals surface area contributed by atoms with Crippen molar-refractivity contribution in [3.8, 4) is 17.4 Å². The second kappa shape index (κ2) is 7.26. The smallest absolute Gasteiger partial charge is 0.271 e. The Hall–Kier alpha value is -3.68. The van der Waals surface area contributed by atoms with Gasteiger partial charge in [-0.05, 0) is 18.2 Å². The van der Waals surface area contributed by atoms with E-state index in [2.05, 4.69) is 15.3 Å². The molecule has 3 rings (SSSR count). The molecule has 0 radical (unpaired) electrons. The van der Waals surface area contributed by atoms with Crippen molar-refractivity contribution >= 4 is 17.2 Å². The number of benzene rings is 2. The van der Waals surface area contributed by atoms with Crippen LogP contribution in [0.4, 0.5) is 17.2 Å². The lowest BCUT2D eigenvalue weighted by molar-refractivity contribution is -0.384. The number of aromatic nitrogens is 2. The van der Waals surface area contributed by atoms with Crippen molar-refractivity contribution < 1.29 is 14.4 Å². The van der Waals surface area contributed by atoms with Crippen LogP contribution in [0, 0.1) is 10.1 Å². The Morgan fingerprint density at radius 3 is 2.60 bits per heavy atom. The summed E-state index contributed by atoms with van der Waals surface area (Å²) in [4.78, 5) is 18.6. The molecule has 8 heteroatoms. The number of nitrogens with zero attached hydrogens (tertiary/aromatic N) is 3. The van der Waals surface area contributed by atoms with Crippen LogP contribution >= 0.6 is 0 Å². The predicted molar refractivity (Wildman–Crippen MR) is 91.5 cm³/mol. The second-order valence-electron chi connectivity index (χ2n) is 4.92. The maximum absolute atomic E-state index is 11.0. The van der Waals surface area contributed by atoms with Gasteiger partial charge in [-0.2, -0.15) is 0 Å². The zero-order valence-electron chi connectivity index (χ0n) is 13.2. The largest absolute Gasteiger partial charge is 0.495 e. The van der Waals surface area contributed by atoms with Crippen molar-refractivity contribution in [2.24, 2.45) is 0 Å². The summed E-state index contributed by atoms with van der Waals surface area (Å²) in [7, 11) is 1.48. The molecule has 3 aromatic rings. The first kappa shape index (κ1) is 16.2. The van der Waals surface area contributed by atoms with Gasteiger partial charge in [-0.3, -0.25) is 10.1 Å². The molecule has 0 saturated heterocycles. The first-order valence-electron chi connectivity index (χ1n) is 7.30. The zero-order valence-corrected chi connectivity index (χ0v) is 13.2. The summed E-state index contributed by atoms with van der Waals surface area (Å²) in [6.07, 6.45) is 1.34. The van der Waals surface area contributed by atoms with Gasteiger partial charge in [0.1, 0.15) is 23.6 Å². The predicted octanol–water partition coefficient (Wildman–Crippen LogP) is 3.93. The van der Waals surface area contributed by atoms with Crippen LogP contribution in [0.2, 0.25) is 0 Å². The molecule has 1 aromatic heterocycles. The molecule has 0 amide bonds. The van der Waals surface area contributed by atoms with Gasteiger partial charge in [-0.25, -0.2) is 9.97 Å². The van der Waals surface area contributed by atoms with Crippen LogP contribution in [0.25, 0.3) is 0 Å². The number of hydrogen-bond donors (Lipinski definition) is 1. The van der Waals surface area contributed by atoms with Gasteiger partial charge < -0.3 is 14.8 Å². The van der Waals surface area contributed by atoms with Crippen molar-refractivity contribution in [2.45, 2.75) is 0 Å². The molecule has 0 atom stereocenters. The Balaban J connectivity index is 1.85. The molecule has 0 aliphatic heterocycles. The molecule has 1 N–H and O–H groups in total. The molecule has 0 aliphatic carbocycles. The van der Waals surface area contributed by atoms with Crippen molar-refractivity contribution in [1.82, 2.24) is 9.97 Å². The Labute approximate surface area is 143 Å². The molecule has 0 aliphatic rings. The van der Waals surface area contributed by atoms with Gasteiger partial charge in [0.2, 0.25) is 5.88 Å². The van der Waals surface area contributed by atoms with E-state index in [1.54, 1.807) is 18.2 Å². The minimum absolute atomic E-state index is 0.0573. The van der Waals surface area contributed by atoms with Crippen LogP contribution < -0.4 is 14.8 Å². The molecule has 25 heavy (non-hydrogen) atoms. The van der Waals surface area contributed by atoms with Gasteiger partial charge >= 0.3 is 0 Å². The molecule has 0 fully saturated rings. The van der Waals surface area contributed by atoms with Crippen LogP contribution in [0.15, 0.2) is 60.9 Å². The normalized spacial score (nSPS) is 10.1. The average molecular weight is 338 g/mol. The molecule has 0 bridgehead atoms. The molecule has 126 valence electrons. The van der Waals surface area contributed by atoms with Crippen LogP contribution in [0.1, 0.15) is 0 Å². The molecule has 8 nitrogen and oxygen atoms in total. The molecular formula is C17H14N4O4. The summed E-state index contributed by atoms with van der Waals surface area (Å²) in [5.41, 5.74) is 0.360. The maximum atomic E-state index is 11.0. The zero-order chi connectivity index (χ0) is 17.6. The Bertz CT molecular complexity index is 887. The van der Waals surface area contributed by atoms with E-state index in [-0.39, 0.29) is 5.69 Å². The van der Waals surface area contributed by atoms with E-state index >= 15 is 0 Å². The number of hydrogen-bond acceptors (Lipinski definition) is 7. The van der Waals surface area contributed by atoms with Crippen molar-refractivity contribution in [3.63, 3.8) is 0 Å². The Morgan fingerprint density at radius 1 is 1.08 bits per heavy atom. The molecular weight excluding hydrogens is 324 g/mol. The highest BCUT2D eigenvalue weighted by Gasteiger charge is 2.12. The lowest BCUT2D eigenvalue weighted by Gasteiger charge is -2.11. The van der Waals surface area contributed by atoms with E-state index in [4.69, 9.17) is 9.47 Å². The van der Waals surface area contributed by atoms with Gasteiger partial charge in [0.05, 0.1) is 17.7 Å². The first-order valence-corrected chi connectivity index (χ1v) is 7.30. The van der Waals surface area contributed by atoms with Crippen molar-refractivity contribution in [1.29, 1.82) is 0 Å². The summed E-state index contributed by atoms with van der Waals surface area (Å²) >= 11 is 0. The van der Waals surface area contributed by atoms with Crippen molar-refractivity contribution in [3.05, 3.63) is 71.0 Å². The topological polar surface area (TPSA) is 99.4 Å². The third kappa shape index (κ3) is 3.99. The monoisotopic (exact) mass is 338 g/mol. The fourth-order valence-corrected chi connectivity index (χ4v) is 2.12. The van der Waals surface area contributed by atoms with Crippen LogP contribution in [0.3, 0.4) is 0 Å². The average Bonchev–Trinajstić information content (AvgIpc) is 2.63. The number of non-ortho nitro benzene ring substituents is 1. The molecule has 0 spiro atoms. The number of nitro benzene ring substituents is 1. The number of ether oxygens (including phenoxy) is 2. The SMILES string of the molecule is COc1ccc([N+](=O)[O-])cc1Nc1cc(Oc2ccccc2)ncn1. The first-order chi connectivity index (χ1) is 12.2. The number of methoxy groups -OCH3 is 1. The van der Waals surface area contributed by atoms with Crippen LogP contribution in [-0.4, -0.2) is 22.0 Å². The van der Waals surface area contributed by atoms with Gasteiger partial charge in [0.25, 0.3) is 5.69 Å². The number of rotatable bonds is 6. The standard InChI is InChI=1S/C17H14N4O4/c1-24-15-8-7-12(21(22)23)9-14(15)20-16-10-17(19-11-18-16)25-13-5-3-2-4-6-13/h2-11H,1H3,(H,18,19,20). The van der Waals surface area contributed by atoms with E-state index in [0.29, 0.717) is 28.9 Å². The molecule has 0 saturated carbocycles. The van der Waals surface area contributed by atoms with E-state index in [0.717, 1.165) is 0 Å². The van der Waals surface area contributed by atoms with E-state index < -0.39 is 4.92 Å². The minimum atomic E-state index is -0.478. The lowest BCUT2D eigenvalue weighted by atomic mass is 10.2. The van der Waals surface area contributed by atoms with Gasteiger partial charge in [-0.15, -0.1) is 0 Å². The highest BCUT2D eigenvalue weighted by molar-refractivity contribution is 5.67. The summed E-state index contributed by atoms with van der Waals surface area (Å²) in [5.74, 6) is 1.85.